The zero-order chi connectivity index (χ0) is 17.4. The fourth-order valence-corrected chi connectivity index (χ4v) is 2.77. The van der Waals surface area contributed by atoms with Crippen LogP contribution in [0.25, 0.3) is 11.5 Å². The lowest BCUT2D eigenvalue weighted by molar-refractivity contribution is -0.123. The number of aromatic nitrogens is 1. The van der Waals surface area contributed by atoms with E-state index in [-0.39, 0.29) is 18.0 Å². The van der Waals surface area contributed by atoms with E-state index in [4.69, 9.17) is 8.94 Å². The number of nitrogens with one attached hydrogen (secondary N) is 1. The molecule has 1 aliphatic rings. The van der Waals surface area contributed by atoms with Crippen LogP contribution in [-0.4, -0.2) is 11.1 Å². The van der Waals surface area contributed by atoms with Crippen LogP contribution in [0.5, 0.6) is 0 Å². The average molecular weight is 344 g/mol. The van der Waals surface area contributed by atoms with Crippen LogP contribution in [-0.2, 0) is 16.8 Å². The van der Waals surface area contributed by atoms with Crippen molar-refractivity contribution in [3.63, 3.8) is 0 Å². The Bertz CT molecular complexity index is 914. The number of nitrogens with zero attached hydrogens (tertiary/aromatic N) is 1. The molecule has 0 saturated heterocycles. The maximum atomic E-state index is 13.7. The summed E-state index contributed by atoms with van der Waals surface area (Å²) >= 11 is 0. The van der Waals surface area contributed by atoms with Crippen molar-refractivity contribution >= 4 is 5.91 Å². The molecular weight excluding hydrogens is 330 g/mol. The molecule has 1 aliphatic carbocycles. The van der Waals surface area contributed by atoms with E-state index in [2.05, 4.69) is 10.5 Å². The molecule has 0 aliphatic heterocycles. The van der Waals surface area contributed by atoms with Crippen LogP contribution in [0.4, 0.5) is 8.78 Å². The molecule has 0 atom stereocenters. The first kappa shape index (κ1) is 15.6. The lowest BCUT2D eigenvalue weighted by Gasteiger charge is -2.12. The van der Waals surface area contributed by atoms with E-state index in [9.17, 15) is 13.6 Å². The summed E-state index contributed by atoms with van der Waals surface area (Å²) in [7, 11) is 0. The second-order valence-electron chi connectivity index (χ2n) is 6.05. The lowest BCUT2D eigenvalue weighted by atomic mass is 10.0. The Morgan fingerprint density at radius 2 is 2.04 bits per heavy atom. The fraction of sp³-hybridized carbons (Fsp3) is 0.222. The van der Waals surface area contributed by atoms with Gasteiger partial charge in [0, 0.05) is 24.2 Å². The van der Waals surface area contributed by atoms with Crippen LogP contribution in [0.3, 0.4) is 0 Å². The highest BCUT2D eigenvalue weighted by Gasteiger charge is 2.53. The third-order valence-corrected chi connectivity index (χ3v) is 4.40. The number of hydrogen-bond acceptors (Lipinski definition) is 4. The molecule has 3 aromatic rings. The number of hydrogen-bond donors (Lipinski definition) is 1. The minimum absolute atomic E-state index is 0.0183. The lowest BCUT2D eigenvalue weighted by Crippen LogP contribution is -2.34. The van der Waals surface area contributed by atoms with Gasteiger partial charge in [-0.1, -0.05) is 11.2 Å². The molecule has 0 radical (unpaired) electrons. The first-order valence-corrected chi connectivity index (χ1v) is 7.82. The third kappa shape index (κ3) is 2.82. The molecule has 2 heterocycles. The van der Waals surface area contributed by atoms with Gasteiger partial charge >= 0.3 is 0 Å². The standard InChI is InChI=1S/C18H14F2N2O3/c19-12-4-3-11(13(20)8-12)10-21-17(23)18(5-6-18)16-9-15(25-22-16)14-2-1-7-24-14/h1-4,7-9H,5-6,10H2,(H,21,23). The summed E-state index contributed by atoms with van der Waals surface area (Å²) in [5, 5.41) is 6.69. The molecule has 7 heteroatoms. The van der Waals surface area contributed by atoms with Crippen molar-refractivity contribution in [3.8, 4) is 11.5 Å². The van der Waals surface area contributed by atoms with Gasteiger partial charge in [0.25, 0.3) is 0 Å². The van der Waals surface area contributed by atoms with Crippen LogP contribution in [0.15, 0.2) is 51.6 Å². The highest BCUT2D eigenvalue weighted by atomic mass is 19.1. The monoisotopic (exact) mass is 344 g/mol. The molecule has 25 heavy (non-hydrogen) atoms. The number of benzene rings is 1. The van der Waals surface area contributed by atoms with E-state index in [0.29, 0.717) is 30.1 Å². The predicted octanol–water partition coefficient (Wildman–Crippen LogP) is 3.56. The van der Waals surface area contributed by atoms with Gasteiger partial charge in [-0.05, 0) is 31.0 Å². The number of amides is 1. The van der Waals surface area contributed by atoms with Crippen LogP contribution < -0.4 is 5.32 Å². The van der Waals surface area contributed by atoms with Crippen molar-refractivity contribution in [2.24, 2.45) is 0 Å². The SMILES string of the molecule is O=C(NCc1ccc(F)cc1F)C1(c2cc(-c3ccco3)on2)CC1. The molecule has 1 amide bonds. The Morgan fingerprint density at radius 3 is 2.72 bits per heavy atom. The zero-order valence-corrected chi connectivity index (χ0v) is 13.1. The van der Waals surface area contributed by atoms with Gasteiger partial charge < -0.3 is 14.3 Å². The predicted molar refractivity (Wildman–Crippen MR) is 83.3 cm³/mol. The normalized spacial score (nSPS) is 15.1. The molecule has 1 fully saturated rings. The topological polar surface area (TPSA) is 68.3 Å². The van der Waals surface area contributed by atoms with E-state index in [1.165, 1.54) is 12.3 Å². The Morgan fingerprint density at radius 1 is 1.20 bits per heavy atom. The van der Waals surface area contributed by atoms with Gasteiger partial charge in [-0.3, -0.25) is 4.79 Å². The van der Waals surface area contributed by atoms with Crippen molar-refractivity contribution in [1.82, 2.24) is 10.5 Å². The van der Waals surface area contributed by atoms with Crippen molar-refractivity contribution in [3.05, 3.63) is 65.6 Å². The largest absolute Gasteiger partial charge is 0.461 e. The Kier molecular flexibility index (Phi) is 3.63. The van der Waals surface area contributed by atoms with Crippen LogP contribution in [0.1, 0.15) is 24.1 Å². The average Bonchev–Trinajstić information content (AvgIpc) is 3.00. The van der Waals surface area contributed by atoms with E-state index >= 15 is 0 Å². The van der Waals surface area contributed by atoms with Gasteiger partial charge in [-0.25, -0.2) is 8.78 Å². The highest BCUT2D eigenvalue weighted by Crippen LogP contribution is 2.48. The van der Waals surface area contributed by atoms with Gasteiger partial charge in [0.15, 0.2) is 5.76 Å². The summed E-state index contributed by atoms with van der Waals surface area (Å²) < 4.78 is 37.1. The summed E-state index contributed by atoms with van der Waals surface area (Å²) in [5.41, 5.74) is -0.0110. The number of furan rings is 1. The second kappa shape index (κ2) is 5.84. The maximum absolute atomic E-state index is 13.7. The molecule has 0 spiro atoms. The molecule has 1 saturated carbocycles. The van der Waals surface area contributed by atoms with Crippen molar-refractivity contribution in [1.29, 1.82) is 0 Å². The van der Waals surface area contributed by atoms with Crippen molar-refractivity contribution in [2.45, 2.75) is 24.8 Å². The van der Waals surface area contributed by atoms with Gasteiger partial charge in [0.1, 0.15) is 11.6 Å². The molecule has 5 nitrogen and oxygen atoms in total. The zero-order valence-electron chi connectivity index (χ0n) is 13.1. The van der Waals surface area contributed by atoms with Crippen molar-refractivity contribution < 1.29 is 22.5 Å². The molecule has 1 N–H and O–H groups in total. The van der Waals surface area contributed by atoms with E-state index < -0.39 is 17.0 Å². The van der Waals surface area contributed by atoms with Gasteiger partial charge in [0.2, 0.25) is 11.7 Å². The summed E-state index contributed by atoms with van der Waals surface area (Å²) in [6, 6.07) is 8.42. The minimum Gasteiger partial charge on any atom is -0.461 e. The second-order valence-corrected chi connectivity index (χ2v) is 6.05. The van der Waals surface area contributed by atoms with Crippen LogP contribution >= 0.6 is 0 Å². The quantitative estimate of drug-likeness (QED) is 0.768. The molecule has 0 bridgehead atoms. The summed E-state index contributed by atoms with van der Waals surface area (Å²) in [6.07, 6.45) is 2.79. The first-order chi connectivity index (χ1) is 12.1. The smallest absolute Gasteiger partial charge is 0.232 e. The van der Waals surface area contributed by atoms with E-state index in [1.54, 1.807) is 18.2 Å². The summed E-state index contributed by atoms with van der Waals surface area (Å²) in [5.74, 6) is -0.617. The highest BCUT2D eigenvalue weighted by molar-refractivity contribution is 5.90. The van der Waals surface area contributed by atoms with Gasteiger partial charge in [-0.15, -0.1) is 0 Å². The number of carbonyl (C=O) groups is 1. The Balaban J connectivity index is 1.48. The molecule has 2 aromatic heterocycles. The van der Waals surface area contributed by atoms with Crippen molar-refractivity contribution in [2.75, 3.05) is 0 Å². The van der Waals surface area contributed by atoms with Gasteiger partial charge in [-0.2, -0.15) is 0 Å². The van der Waals surface area contributed by atoms with Gasteiger partial charge in [0.05, 0.1) is 17.4 Å². The fourth-order valence-electron chi connectivity index (χ4n) is 2.77. The molecule has 128 valence electrons. The van der Waals surface area contributed by atoms with E-state index in [1.807, 2.05) is 0 Å². The van der Waals surface area contributed by atoms with Crippen LogP contribution in [0, 0.1) is 11.6 Å². The minimum atomic E-state index is -0.759. The van der Waals surface area contributed by atoms with E-state index in [0.717, 1.165) is 12.1 Å². The third-order valence-electron chi connectivity index (χ3n) is 4.40. The Labute approximate surface area is 141 Å². The summed E-state index contributed by atoms with van der Waals surface area (Å²) in [6.45, 7) is -0.0183. The molecule has 0 unspecified atom stereocenters. The summed E-state index contributed by atoms with van der Waals surface area (Å²) in [4.78, 5) is 12.6. The van der Waals surface area contributed by atoms with Crippen LogP contribution in [0.2, 0.25) is 0 Å². The first-order valence-electron chi connectivity index (χ1n) is 7.82. The number of carbonyl (C=O) groups excluding carboxylic acids is 1. The number of halogens is 2. The number of rotatable bonds is 5. The molecular formula is C18H14F2N2O3. The maximum Gasteiger partial charge on any atom is 0.232 e. The molecule has 1 aromatic carbocycles. The Hall–Kier alpha value is -2.96. The molecule has 4 rings (SSSR count).